The summed E-state index contributed by atoms with van der Waals surface area (Å²) in [5.41, 5.74) is 5.95. The lowest BCUT2D eigenvalue weighted by Crippen LogP contribution is -2.46. The summed E-state index contributed by atoms with van der Waals surface area (Å²) < 4.78 is 10.3. The van der Waals surface area contributed by atoms with Crippen molar-refractivity contribution in [3.63, 3.8) is 0 Å². The van der Waals surface area contributed by atoms with Gasteiger partial charge in [0.05, 0.1) is 14.2 Å². The highest BCUT2D eigenvalue weighted by atomic mass is 16.5. The summed E-state index contributed by atoms with van der Waals surface area (Å²) in [6, 6.07) is 0.913. The summed E-state index contributed by atoms with van der Waals surface area (Å²) in [7, 11) is 3.08. The Kier molecular flexibility index (Phi) is 5.55. The van der Waals surface area contributed by atoms with Crippen LogP contribution in [-0.2, 0) is 0 Å². The van der Waals surface area contributed by atoms with E-state index in [1.54, 1.807) is 0 Å². The summed E-state index contributed by atoms with van der Waals surface area (Å²) in [5.74, 6) is 1.08. The van der Waals surface area contributed by atoms with E-state index < -0.39 is 0 Å². The van der Waals surface area contributed by atoms with E-state index in [0.717, 1.165) is 19.4 Å². The number of rotatable bonds is 6. The van der Waals surface area contributed by atoms with Gasteiger partial charge in [0.1, 0.15) is 0 Å². The number of nitrogens with zero attached hydrogens (tertiary/aromatic N) is 4. The molecule has 1 heterocycles. The zero-order valence-electron chi connectivity index (χ0n) is 13.1. The molecule has 7 nitrogen and oxygen atoms in total. The van der Waals surface area contributed by atoms with Crippen LogP contribution in [0.15, 0.2) is 0 Å². The molecule has 118 valence electrons. The van der Waals surface area contributed by atoms with Crippen molar-refractivity contribution in [1.29, 1.82) is 0 Å². The third-order valence-electron chi connectivity index (χ3n) is 4.12. The molecule has 1 fully saturated rings. The van der Waals surface area contributed by atoms with Gasteiger partial charge in [0, 0.05) is 12.6 Å². The van der Waals surface area contributed by atoms with Crippen LogP contribution < -0.4 is 20.1 Å². The number of aromatic nitrogens is 3. The zero-order valence-corrected chi connectivity index (χ0v) is 13.1. The molecule has 0 amide bonds. The van der Waals surface area contributed by atoms with Crippen molar-refractivity contribution in [2.24, 2.45) is 11.7 Å². The fourth-order valence-corrected chi connectivity index (χ4v) is 3.04. The number of anilines is 1. The van der Waals surface area contributed by atoms with E-state index in [4.69, 9.17) is 15.2 Å². The monoisotopic (exact) mass is 295 g/mol. The van der Waals surface area contributed by atoms with Crippen LogP contribution >= 0.6 is 0 Å². The molecule has 2 atom stereocenters. The molecule has 2 rings (SSSR count). The van der Waals surface area contributed by atoms with Gasteiger partial charge in [-0.2, -0.15) is 9.97 Å². The second kappa shape index (κ2) is 7.40. The molecular formula is C14H25N5O2. The van der Waals surface area contributed by atoms with Crippen LogP contribution in [0.3, 0.4) is 0 Å². The van der Waals surface area contributed by atoms with Gasteiger partial charge in [0.2, 0.25) is 5.95 Å². The maximum absolute atomic E-state index is 5.95. The summed E-state index contributed by atoms with van der Waals surface area (Å²) in [6.45, 7) is 3.61. The summed E-state index contributed by atoms with van der Waals surface area (Å²) in [6.07, 6.45) is 4.75. The Hall–Kier alpha value is -1.63. The van der Waals surface area contributed by atoms with Gasteiger partial charge in [0.25, 0.3) is 0 Å². The SMILES string of the molecule is CCN(c1nc(OC)nc(OC)n1)C1CCCCC1CN. The lowest BCUT2D eigenvalue weighted by Gasteiger charge is -2.39. The first kappa shape index (κ1) is 15.8. The number of hydrogen-bond donors (Lipinski definition) is 1. The molecule has 0 spiro atoms. The van der Waals surface area contributed by atoms with Gasteiger partial charge >= 0.3 is 12.0 Å². The van der Waals surface area contributed by atoms with Crippen LogP contribution in [0.5, 0.6) is 12.0 Å². The van der Waals surface area contributed by atoms with Gasteiger partial charge in [-0.15, -0.1) is 4.98 Å². The maximum atomic E-state index is 5.95. The Balaban J connectivity index is 2.31. The van der Waals surface area contributed by atoms with Crippen LogP contribution in [0.1, 0.15) is 32.6 Å². The van der Waals surface area contributed by atoms with Crippen molar-refractivity contribution < 1.29 is 9.47 Å². The first-order chi connectivity index (χ1) is 10.2. The average Bonchev–Trinajstić information content (AvgIpc) is 2.55. The molecule has 1 aromatic heterocycles. The predicted molar refractivity (Wildman–Crippen MR) is 80.8 cm³/mol. The average molecular weight is 295 g/mol. The Morgan fingerprint density at radius 3 is 2.24 bits per heavy atom. The van der Waals surface area contributed by atoms with Gasteiger partial charge in [-0.3, -0.25) is 0 Å². The number of methoxy groups -OCH3 is 2. The Morgan fingerprint density at radius 1 is 1.10 bits per heavy atom. The minimum Gasteiger partial charge on any atom is -0.467 e. The van der Waals surface area contributed by atoms with E-state index in [0.29, 0.717) is 24.5 Å². The molecule has 7 heteroatoms. The molecule has 0 saturated heterocycles. The molecule has 0 aromatic carbocycles. The van der Waals surface area contributed by atoms with Crippen molar-refractivity contribution in [2.75, 3.05) is 32.2 Å². The van der Waals surface area contributed by atoms with Crippen molar-refractivity contribution in [2.45, 2.75) is 38.6 Å². The highest BCUT2D eigenvalue weighted by Gasteiger charge is 2.30. The minimum absolute atomic E-state index is 0.274. The van der Waals surface area contributed by atoms with Crippen molar-refractivity contribution in [3.05, 3.63) is 0 Å². The van der Waals surface area contributed by atoms with Gasteiger partial charge in [-0.25, -0.2) is 0 Å². The highest BCUT2D eigenvalue weighted by Crippen LogP contribution is 2.30. The molecule has 1 aromatic rings. The number of ether oxygens (including phenoxy) is 2. The predicted octanol–water partition coefficient (Wildman–Crippen LogP) is 1.23. The molecule has 1 aliphatic carbocycles. The minimum atomic E-state index is 0.274. The van der Waals surface area contributed by atoms with Crippen LogP contribution in [0.2, 0.25) is 0 Å². The molecule has 1 aliphatic rings. The van der Waals surface area contributed by atoms with Gasteiger partial charge < -0.3 is 20.1 Å². The van der Waals surface area contributed by atoms with Crippen LogP contribution in [0, 0.1) is 5.92 Å². The van der Waals surface area contributed by atoms with E-state index >= 15 is 0 Å². The van der Waals surface area contributed by atoms with Crippen LogP contribution in [-0.4, -0.2) is 48.3 Å². The topological polar surface area (TPSA) is 86.4 Å². The summed E-state index contributed by atoms with van der Waals surface area (Å²) in [5, 5.41) is 0. The fraction of sp³-hybridized carbons (Fsp3) is 0.786. The Morgan fingerprint density at radius 2 is 1.71 bits per heavy atom. The van der Waals surface area contributed by atoms with Gasteiger partial charge in [0.15, 0.2) is 0 Å². The molecule has 1 saturated carbocycles. The summed E-state index contributed by atoms with van der Waals surface area (Å²) >= 11 is 0. The molecule has 21 heavy (non-hydrogen) atoms. The Bertz CT molecular complexity index is 435. The van der Waals surface area contributed by atoms with Crippen molar-refractivity contribution in [1.82, 2.24) is 15.0 Å². The van der Waals surface area contributed by atoms with E-state index in [-0.39, 0.29) is 12.0 Å². The van der Waals surface area contributed by atoms with Crippen molar-refractivity contribution >= 4 is 5.95 Å². The van der Waals surface area contributed by atoms with Gasteiger partial charge in [-0.1, -0.05) is 12.8 Å². The largest absolute Gasteiger partial charge is 0.467 e. The van der Waals surface area contributed by atoms with Crippen molar-refractivity contribution in [3.8, 4) is 12.0 Å². The normalized spacial score (nSPS) is 21.9. The third kappa shape index (κ3) is 3.53. The molecule has 2 N–H and O–H groups in total. The first-order valence-electron chi connectivity index (χ1n) is 7.54. The van der Waals surface area contributed by atoms with Gasteiger partial charge in [-0.05, 0) is 32.2 Å². The lowest BCUT2D eigenvalue weighted by molar-refractivity contribution is 0.294. The number of hydrogen-bond acceptors (Lipinski definition) is 7. The molecular weight excluding hydrogens is 270 g/mol. The van der Waals surface area contributed by atoms with E-state index in [2.05, 4.69) is 26.8 Å². The highest BCUT2D eigenvalue weighted by molar-refractivity contribution is 5.34. The second-order valence-electron chi connectivity index (χ2n) is 5.24. The lowest BCUT2D eigenvalue weighted by atomic mass is 9.83. The fourth-order valence-electron chi connectivity index (χ4n) is 3.04. The standard InChI is InChI=1S/C14H25N5O2/c1-4-19(11-8-6-5-7-10(11)9-15)12-16-13(20-2)18-14(17-12)21-3/h10-11H,4-9,15H2,1-3H3. The zero-order chi connectivity index (χ0) is 15.2. The quantitative estimate of drug-likeness (QED) is 0.844. The van der Waals surface area contributed by atoms with E-state index in [1.165, 1.54) is 27.1 Å². The second-order valence-corrected chi connectivity index (χ2v) is 5.24. The molecule has 0 bridgehead atoms. The van der Waals surface area contributed by atoms with Crippen LogP contribution in [0.4, 0.5) is 5.95 Å². The molecule has 2 unspecified atom stereocenters. The maximum Gasteiger partial charge on any atom is 0.324 e. The Labute approximate surface area is 125 Å². The summed E-state index contributed by atoms with van der Waals surface area (Å²) in [4.78, 5) is 15.0. The van der Waals surface area contributed by atoms with E-state index in [9.17, 15) is 0 Å². The van der Waals surface area contributed by atoms with Crippen LogP contribution in [0.25, 0.3) is 0 Å². The molecule has 0 aliphatic heterocycles. The number of nitrogens with two attached hydrogens (primary N) is 1. The molecule has 0 radical (unpaired) electrons. The smallest absolute Gasteiger partial charge is 0.324 e. The third-order valence-corrected chi connectivity index (χ3v) is 4.12. The first-order valence-corrected chi connectivity index (χ1v) is 7.54. The van der Waals surface area contributed by atoms with E-state index in [1.807, 2.05) is 0 Å².